The van der Waals surface area contributed by atoms with E-state index >= 15 is 0 Å². The number of rotatable bonds is 7. The van der Waals surface area contributed by atoms with Crippen molar-refractivity contribution in [2.75, 3.05) is 6.54 Å². The minimum atomic E-state index is -3.91. The molecule has 3 fully saturated rings. The fourth-order valence-corrected chi connectivity index (χ4v) is 8.19. The predicted molar refractivity (Wildman–Crippen MR) is 188 cm³/mol. The molecule has 2 saturated carbocycles. The molecule has 6 rings (SSSR count). The van der Waals surface area contributed by atoms with Crippen molar-refractivity contribution in [3.63, 3.8) is 0 Å². The molecule has 0 bridgehead atoms. The number of halogens is 1. The molecule has 1 aromatic heterocycles. The van der Waals surface area contributed by atoms with Gasteiger partial charge in [-0.3, -0.25) is 19.1 Å². The lowest BCUT2D eigenvalue weighted by molar-refractivity contribution is -0.141. The Morgan fingerprint density at radius 1 is 1.10 bits per heavy atom. The topological polar surface area (TPSA) is 186 Å². The molecule has 0 radical (unpaired) electrons. The Labute approximate surface area is 302 Å². The first-order valence-corrected chi connectivity index (χ1v) is 19.6. The molecule has 2 aromatic rings. The van der Waals surface area contributed by atoms with Gasteiger partial charge in [0, 0.05) is 18.4 Å². The van der Waals surface area contributed by atoms with Crippen LogP contribution in [-0.2, 0) is 35.6 Å². The van der Waals surface area contributed by atoms with Gasteiger partial charge in [-0.1, -0.05) is 31.9 Å². The molecule has 2 aliphatic carbocycles. The fourth-order valence-electron chi connectivity index (χ4n) is 6.83. The van der Waals surface area contributed by atoms with Crippen LogP contribution in [0.1, 0.15) is 91.2 Å². The molecule has 0 spiro atoms. The Morgan fingerprint density at radius 3 is 2.58 bits per heavy atom. The molecule has 4 aliphatic rings. The van der Waals surface area contributed by atoms with Crippen molar-refractivity contribution in [3.05, 3.63) is 41.9 Å². The van der Waals surface area contributed by atoms with Crippen LogP contribution in [0.2, 0.25) is 0 Å². The Morgan fingerprint density at radius 2 is 1.87 bits per heavy atom. The zero-order valence-corrected chi connectivity index (χ0v) is 30.8. The number of nitrogens with one attached hydrogen (secondary N) is 3. The van der Waals surface area contributed by atoms with Gasteiger partial charge in [0.05, 0.1) is 22.8 Å². The average molecular weight is 743 g/mol. The minimum absolute atomic E-state index is 0.0126. The van der Waals surface area contributed by atoms with Gasteiger partial charge in [0.1, 0.15) is 40.8 Å². The van der Waals surface area contributed by atoms with Crippen LogP contribution in [-0.4, -0.2) is 88.2 Å². The first-order chi connectivity index (χ1) is 24.6. The molecule has 1 saturated heterocycles. The van der Waals surface area contributed by atoms with Gasteiger partial charge < -0.3 is 25.0 Å². The normalized spacial score (nSPS) is 27.7. The zero-order chi connectivity index (χ0) is 37.4. The molecular formula is C36H47FN6O8S. The lowest BCUT2D eigenvalue weighted by Crippen LogP contribution is -2.58. The summed E-state index contributed by atoms with van der Waals surface area (Å²) in [5.74, 6) is -2.82. The SMILES string of the molecule is CCc1nc2ccc(F)cc2nc1O[C@@H]1C[C@H]2C(=O)N[C@]3(C(=O)NS(=O)(=O)C4CC4)C[C@H]3/C=C\CCCCC[C@H](NC(=O)OC(C)(C)C)C(=O)N2C1. The van der Waals surface area contributed by atoms with Gasteiger partial charge in [-0.15, -0.1) is 0 Å². The lowest BCUT2D eigenvalue weighted by atomic mass is 10.0. The maximum Gasteiger partial charge on any atom is 0.408 e. The highest BCUT2D eigenvalue weighted by Gasteiger charge is 2.62. The van der Waals surface area contributed by atoms with Crippen LogP contribution in [0.25, 0.3) is 11.0 Å². The number of hydrogen-bond acceptors (Lipinski definition) is 10. The number of allylic oxidation sites excluding steroid dienone is 1. The molecule has 5 atom stereocenters. The van der Waals surface area contributed by atoms with Crippen LogP contribution in [0.4, 0.5) is 9.18 Å². The smallest absolute Gasteiger partial charge is 0.408 e. The van der Waals surface area contributed by atoms with E-state index in [1.54, 1.807) is 20.8 Å². The number of ether oxygens (including phenoxy) is 2. The number of alkyl carbamates (subject to hydrolysis) is 1. The molecule has 4 amide bonds. The van der Waals surface area contributed by atoms with E-state index in [2.05, 4.69) is 25.3 Å². The summed E-state index contributed by atoms with van der Waals surface area (Å²) in [5, 5.41) is 4.91. The van der Waals surface area contributed by atoms with Gasteiger partial charge in [0.25, 0.3) is 5.91 Å². The molecule has 16 heteroatoms. The van der Waals surface area contributed by atoms with E-state index in [-0.39, 0.29) is 37.2 Å². The summed E-state index contributed by atoms with van der Waals surface area (Å²) in [4.78, 5) is 65.7. The second-order valence-electron chi connectivity index (χ2n) is 15.2. The van der Waals surface area contributed by atoms with Gasteiger partial charge in [-0.05, 0) is 77.8 Å². The molecule has 2 aliphatic heterocycles. The van der Waals surface area contributed by atoms with Gasteiger partial charge in [0.2, 0.25) is 27.7 Å². The van der Waals surface area contributed by atoms with Gasteiger partial charge in [-0.25, -0.2) is 27.6 Å². The third-order valence-corrected chi connectivity index (χ3v) is 11.6. The number of aromatic nitrogens is 2. The molecule has 3 N–H and O–H groups in total. The molecule has 282 valence electrons. The molecule has 14 nitrogen and oxygen atoms in total. The molecular weight excluding hydrogens is 695 g/mol. The van der Waals surface area contributed by atoms with Gasteiger partial charge >= 0.3 is 6.09 Å². The summed E-state index contributed by atoms with van der Waals surface area (Å²) in [6, 6.07) is 1.87. The number of sulfonamides is 1. The number of hydrogen-bond donors (Lipinski definition) is 3. The molecule has 0 unspecified atom stereocenters. The van der Waals surface area contributed by atoms with E-state index in [1.165, 1.54) is 23.1 Å². The maximum atomic E-state index is 14.4. The first kappa shape index (κ1) is 37.4. The third-order valence-electron chi connectivity index (χ3n) is 9.81. The number of carbonyl (C=O) groups is 4. The van der Waals surface area contributed by atoms with Gasteiger partial charge in [-0.2, -0.15) is 0 Å². The number of benzene rings is 1. The molecule has 3 heterocycles. The summed E-state index contributed by atoms with van der Waals surface area (Å²) in [7, 11) is -3.91. The number of aryl methyl sites for hydroxylation is 1. The maximum absolute atomic E-state index is 14.4. The van der Waals surface area contributed by atoms with Crippen molar-refractivity contribution >= 4 is 44.9 Å². The summed E-state index contributed by atoms with van der Waals surface area (Å²) in [6.45, 7) is 6.92. The summed E-state index contributed by atoms with van der Waals surface area (Å²) < 4.78 is 53.6. The van der Waals surface area contributed by atoms with Crippen molar-refractivity contribution in [2.24, 2.45) is 5.92 Å². The number of carbonyl (C=O) groups excluding carboxylic acids is 4. The monoisotopic (exact) mass is 742 g/mol. The molecule has 1 aromatic carbocycles. The largest absolute Gasteiger partial charge is 0.471 e. The van der Waals surface area contributed by atoms with Crippen LogP contribution >= 0.6 is 0 Å². The van der Waals surface area contributed by atoms with Crippen molar-refractivity contribution in [2.45, 2.75) is 126 Å². The summed E-state index contributed by atoms with van der Waals surface area (Å²) in [6.07, 6.45) is 6.83. The average Bonchev–Trinajstić information content (AvgIpc) is 3.99. The van der Waals surface area contributed by atoms with Crippen LogP contribution in [0.5, 0.6) is 5.88 Å². The van der Waals surface area contributed by atoms with Crippen molar-refractivity contribution < 1.29 is 41.5 Å². The highest BCUT2D eigenvalue weighted by molar-refractivity contribution is 7.91. The van der Waals surface area contributed by atoms with Crippen molar-refractivity contribution in [3.8, 4) is 5.88 Å². The predicted octanol–water partition coefficient (Wildman–Crippen LogP) is 3.58. The van der Waals surface area contributed by atoms with E-state index in [9.17, 15) is 32.0 Å². The Balaban J connectivity index is 1.32. The first-order valence-electron chi connectivity index (χ1n) is 18.1. The van der Waals surface area contributed by atoms with Crippen LogP contribution < -0.4 is 20.1 Å². The van der Waals surface area contributed by atoms with E-state index in [1.807, 2.05) is 19.1 Å². The number of amides is 4. The van der Waals surface area contributed by atoms with Crippen molar-refractivity contribution in [1.82, 2.24) is 30.2 Å². The van der Waals surface area contributed by atoms with E-state index in [4.69, 9.17) is 9.47 Å². The Hall–Kier alpha value is -4.34. The second kappa shape index (κ2) is 14.6. The fraction of sp³-hybridized carbons (Fsp3) is 0.611. The van der Waals surface area contributed by atoms with E-state index in [0.29, 0.717) is 43.3 Å². The number of nitrogens with zero attached hydrogens (tertiary/aromatic N) is 3. The highest BCUT2D eigenvalue weighted by Crippen LogP contribution is 2.46. The highest BCUT2D eigenvalue weighted by atomic mass is 32.2. The number of fused-ring (bicyclic) bond motifs is 3. The summed E-state index contributed by atoms with van der Waals surface area (Å²) >= 11 is 0. The van der Waals surface area contributed by atoms with E-state index < -0.39 is 80.2 Å². The quantitative estimate of drug-likeness (QED) is 0.354. The Kier molecular flexibility index (Phi) is 10.5. The van der Waals surface area contributed by atoms with Crippen LogP contribution in [0, 0.1) is 11.7 Å². The van der Waals surface area contributed by atoms with Crippen LogP contribution in [0.15, 0.2) is 30.4 Å². The zero-order valence-electron chi connectivity index (χ0n) is 29.9. The lowest BCUT2D eigenvalue weighted by Gasteiger charge is -2.30. The van der Waals surface area contributed by atoms with Gasteiger partial charge in [0.15, 0.2) is 0 Å². The molecule has 52 heavy (non-hydrogen) atoms. The summed E-state index contributed by atoms with van der Waals surface area (Å²) in [5.41, 5.74) is -1.09. The second-order valence-corrected chi connectivity index (χ2v) is 17.1. The third kappa shape index (κ3) is 8.48. The van der Waals surface area contributed by atoms with Crippen molar-refractivity contribution in [1.29, 1.82) is 0 Å². The van der Waals surface area contributed by atoms with Crippen LogP contribution in [0.3, 0.4) is 0 Å². The standard InChI is InChI=1S/C36H47FN6O8S/c1-5-25-31(39-28-17-22(37)13-16-26(28)38-25)50-23-18-29-30(44)41-36(33(46)42-52(48,49)24-14-15-24)19-21(36)11-9-7-6-8-10-12-27(32(45)43(29)20-23)40-34(47)51-35(2,3)4/h9,11,13,16-17,21,23-24,27,29H,5-8,10,12,14-15,18-20H2,1-4H3,(H,40,47)(H,41,44)(H,42,46)/b11-9-/t21-,23-,27+,29+,36-/m1/s1. The minimum Gasteiger partial charge on any atom is -0.471 e. The Bertz CT molecular complexity index is 1880. The van der Waals surface area contributed by atoms with E-state index in [0.717, 1.165) is 12.8 Å².